The van der Waals surface area contributed by atoms with E-state index < -0.39 is 5.97 Å². The van der Waals surface area contributed by atoms with E-state index in [2.05, 4.69) is 10.2 Å². The Labute approximate surface area is 125 Å². The van der Waals surface area contributed by atoms with Gasteiger partial charge in [-0.25, -0.2) is 4.79 Å². The average molecular weight is 312 g/mol. The molecule has 0 aliphatic heterocycles. The average Bonchev–Trinajstić information content (AvgIpc) is 2.77. The number of carboxylic acid groups (broad SMARTS) is 1. The number of rotatable bonds is 5. The highest BCUT2D eigenvalue weighted by molar-refractivity contribution is 7.11. The topological polar surface area (TPSA) is 66.3 Å². The molecule has 0 saturated carbocycles. The second-order valence-corrected chi connectivity index (χ2v) is 6.12. The molecular weight excluding hydrogens is 298 g/mol. The summed E-state index contributed by atoms with van der Waals surface area (Å²) in [6.07, 6.45) is 0. The molecule has 106 valence electrons. The Morgan fingerprint density at radius 3 is 2.75 bits per heavy atom. The fraction of sp³-hybridized carbons (Fsp3) is 0.308. The maximum atomic E-state index is 11.0. The number of hydrogen-bond donors (Lipinski definition) is 1. The van der Waals surface area contributed by atoms with Crippen molar-refractivity contribution in [3.05, 3.63) is 44.4 Å². The maximum Gasteiger partial charge on any atom is 0.337 e. The number of halogens is 1. The highest BCUT2D eigenvalue weighted by atomic mass is 35.5. The van der Waals surface area contributed by atoms with Crippen LogP contribution in [0.15, 0.2) is 18.2 Å². The zero-order valence-corrected chi connectivity index (χ0v) is 12.7. The van der Waals surface area contributed by atoms with E-state index in [0.29, 0.717) is 18.1 Å². The molecule has 1 heterocycles. The van der Waals surface area contributed by atoms with Crippen molar-refractivity contribution in [3.63, 3.8) is 0 Å². The Kier molecular flexibility index (Phi) is 4.69. The summed E-state index contributed by atoms with van der Waals surface area (Å²) in [5.41, 5.74) is 0.916. The molecule has 0 aliphatic rings. The molecule has 0 spiro atoms. The van der Waals surface area contributed by atoms with E-state index in [1.807, 2.05) is 24.9 Å². The maximum absolute atomic E-state index is 11.0. The van der Waals surface area contributed by atoms with Gasteiger partial charge in [-0.3, -0.25) is 4.90 Å². The van der Waals surface area contributed by atoms with Crippen LogP contribution in [0.25, 0.3) is 0 Å². The molecule has 0 atom stereocenters. The molecule has 1 aromatic carbocycles. The first-order chi connectivity index (χ1) is 9.47. The number of aromatic carboxylic acids is 1. The van der Waals surface area contributed by atoms with Crippen molar-refractivity contribution < 1.29 is 9.90 Å². The molecule has 0 amide bonds. The standard InChI is InChI=1S/C13H14ClN3O2S/c1-8-15-16-11(20-8)7-17(2)6-9-4-3-5-10(12(9)14)13(18)19/h3-5H,6-7H2,1-2H3,(H,18,19). The molecule has 0 bridgehead atoms. The Hall–Kier alpha value is -1.50. The summed E-state index contributed by atoms with van der Waals surface area (Å²) < 4.78 is 0. The third kappa shape index (κ3) is 3.53. The van der Waals surface area contributed by atoms with Gasteiger partial charge in [-0.05, 0) is 25.6 Å². The van der Waals surface area contributed by atoms with Crippen molar-refractivity contribution in [1.29, 1.82) is 0 Å². The molecular formula is C13H14ClN3O2S. The zero-order chi connectivity index (χ0) is 14.7. The number of carboxylic acids is 1. The minimum absolute atomic E-state index is 0.129. The normalized spacial score (nSPS) is 11.0. The van der Waals surface area contributed by atoms with Crippen molar-refractivity contribution >= 4 is 28.9 Å². The first-order valence-corrected chi connectivity index (χ1v) is 7.15. The van der Waals surface area contributed by atoms with Crippen molar-refractivity contribution in [2.75, 3.05) is 7.05 Å². The van der Waals surface area contributed by atoms with Crippen LogP contribution in [0, 0.1) is 6.92 Å². The summed E-state index contributed by atoms with van der Waals surface area (Å²) >= 11 is 7.67. The lowest BCUT2D eigenvalue weighted by atomic mass is 10.1. The third-order valence-electron chi connectivity index (χ3n) is 2.72. The van der Waals surface area contributed by atoms with Gasteiger partial charge in [0.25, 0.3) is 0 Å². The number of aryl methyl sites for hydroxylation is 1. The Balaban J connectivity index is 2.09. The fourth-order valence-corrected chi connectivity index (χ4v) is 2.90. The van der Waals surface area contributed by atoms with Crippen molar-refractivity contribution in [3.8, 4) is 0 Å². The third-order valence-corrected chi connectivity index (χ3v) is 3.99. The summed E-state index contributed by atoms with van der Waals surface area (Å²) in [4.78, 5) is 13.1. The summed E-state index contributed by atoms with van der Waals surface area (Å²) in [6.45, 7) is 3.12. The van der Waals surface area contributed by atoms with E-state index in [9.17, 15) is 4.79 Å². The van der Waals surface area contributed by atoms with Crippen LogP contribution >= 0.6 is 22.9 Å². The molecule has 0 saturated heterocycles. The van der Waals surface area contributed by atoms with Crippen molar-refractivity contribution in [2.24, 2.45) is 0 Å². The lowest BCUT2D eigenvalue weighted by Gasteiger charge is -2.16. The highest BCUT2D eigenvalue weighted by Gasteiger charge is 2.14. The van der Waals surface area contributed by atoms with E-state index in [1.165, 1.54) is 6.07 Å². The van der Waals surface area contributed by atoms with Crippen molar-refractivity contribution in [1.82, 2.24) is 15.1 Å². The molecule has 0 fully saturated rings. The Morgan fingerprint density at radius 1 is 1.40 bits per heavy atom. The molecule has 20 heavy (non-hydrogen) atoms. The predicted octanol–water partition coefficient (Wildman–Crippen LogP) is 2.83. The summed E-state index contributed by atoms with van der Waals surface area (Å²) in [6, 6.07) is 5.03. The van der Waals surface area contributed by atoms with Gasteiger partial charge in [0.2, 0.25) is 0 Å². The predicted molar refractivity (Wildman–Crippen MR) is 78.2 cm³/mol. The van der Waals surface area contributed by atoms with E-state index in [0.717, 1.165) is 15.6 Å². The van der Waals surface area contributed by atoms with Gasteiger partial charge in [-0.2, -0.15) is 0 Å². The van der Waals surface area contributed by atoms with Crippen LogP contribution in [-0.4, -0.2) is 33.2 Å². The van der Waals surface area contributed by atoms with Crippen LogP contribution in [-0.2, 0) is 13.1 Å². The minimum atomic E-state index is -1.01. The van der Waals surface area contributed by atoms with Gasteiger partial charge in [0.15, 0.2) is 0 Å². The zero-order valence-electron chi connectivity index (χ0n) is 11.1. The number of benzene rings is 1. The van der Waals surface area contributed by atoms with Crippen LogP contribution in [0.4, 0.5) is 0 Å². The second-order valence-electron chi connectivity index (χ2n) is 4.47. The van der Waals surface area contributed by atoms with Gasteiger partial charge in [-0.1, -0.05) is 23.7 Å². The first kappa shape index (κ1) is 14.9. The molecule has 7 heteroatoms. The summed E-state index contributed by atoms with van der Waals surface area (Å²) in [5, 5.41) is 19.2. The van der Waals surface area contributed by atoms with Gasteiger partial charge in [0.05, 0.1) is 17.1 Å². The van der Waals surface area contributed by atoms with Crippen molar-refractivity contribution in [2.45, 2.75) is 20.0 Å². The van der Waals surface area contributed by atoms with Crippen LogP contribution in [0.1, 0.15) is 25.9 Å². The van der Waals surface area contributed by atoms with Crippen LogP contribution < -0.4 is 0 Å². The molecule has 1 aromatic heterocycles. The van der Waals surface area contributed by atoms with Crippen LogP contribution in [0.5, 0.6) is 0 Å². The van der Waals surface area contributed by atoms with Crippen LogP contribution in [0.2, 0.25) is 5.02 Å². The number of hydrogen-bond acceptors (Lipinski definition) is 5. The molecule has 0 unspecified atom stereocenters. The Morgan fingerprint density at radius 2 is 2.15 bits per heavy atom. The van der Waals surface area contributed by atoms with Gasteiger partial charge in [0.1, 0.15) is 10.0 Å². The summed E-state index contributed by atoms with van der Waals surface area (Å²) in [7, 11) is 1.93. The Bertz CT molecular complexity index is 630. The minimum Gasteiger partial charge on any atom is -0.478 e. The largest absolute Gasteiger partial charge is 0.478 e. The monoisotopic (exact) mass is 311 g/mol. The number of nitrogens with zero attached hydrogens (tertiary/aromatic N) is 3. The van der Waals surface area contributed by atoms with E-state index >= 15 is 0 Å². The lowest BCUT2D eigenvalue weighted by Crippen LogP contribution is -2.18. The molecule has 5 nitrogen and oxygen atoms in total. The highest BCUT2D eigenvalue weighted by Crippen LogP contribution is 2.23. The quantitative estimate of drug-likeness (QED) is 0.919. The van der Waals surface area contributed by atoms with E-state index in [4.69, 9.17) is 16.7 Å². The molecule has 2 aromatic rings. The van der Waals surface area contributed by atoms with E-state index in [-0.39, 0.29) is 5.56 Å². The SMILES string of the molecule is Cc1nnc(CN(C)Cc2cccc(C(=O)O)c2Cl)s1. The van der Waals surface area contributed by atoms with Gasteiger partial charge >= 0.3 is 5.97 Å². The first-order valence-electron chi connectivity index (χ1n) is 5.95. The molecule has 0 aliphatic carbocycles. The number of aromatic nitrogens is 2. The van der Waals surface area contributed by atoms with Gasteiger partial charge in [-0.15, -0.1) is 21.5 Å². The van der Waals surface area contributed by atoms with Crippen LogP contribution in [0.3, 0.4) is 0 Å². The number of carbonyl (C=O) groups is 1. The summed E-state index contributed by atoms with van der Waals surface area (Å²) in [5.74, 6) is -1.01. The molecule has 2 rings (SSSR count). The van der Waals surface area contributed by atoms with E-state index in [1.54, 1.807) is 17.4 Å². The second kappa shape index (κ2) is 6.30. The smallest absolute Gasteiger partial charge is 0.337 e. The molecule has 0 radical (unpaired) electrons. The lowest BCUT2D eigenvalue weighted by molar-refractivity contribution is 0.0697. The molecule has 1 N–H and O–H groups in total. The fourth-order valence-electron chi connectivity index (χ4n) is 1.85. The van der Waals surface area contributed by atoms with Gasteiger partial charge < -0.3 is 5.11 Å². The van der Waals surface area contributed by atoms with Gasteiger partial charge in [0, 0.05) is 6.54 Å².